The molecule has 4 nitrogen and oxygen atoms in total. The van der Waals surface area contributed by atoms with Crippen LogP contribution < -0.4 is 0 Å². The molecule has 0 spiro atoms. The van der Waals surface area contributed by atoms with E-state index < -0.39 is 8.32 Å². The van der Waals surface area contributed by atoms with Gasteiger partial charge in [-0.15, -0.1) is 0 Å². The molecular formula is C14H30O4Si. The highest BCUT2D eigenvalue weighted by atomic mass is 28.4. The van der Waals surface area contributed by atoms with Crippen LogP contribution in [0.25, 0.3) is 0 Å². The molecule has 1 aliphatic rings. The minimum atomic E-state index is -1.78. The number of methoxy groups -OCH3 is 2. The molecule has 0 aliphatic carbocycles. The molecule has 0 aromatic heterocycles. The van der Waals surface area contributed by atoms with Gasteiger partial charge < -0.3 is 18.6 Å². The lowest BCUT2D eigenvalue weighted by molar-refractivity contribution is -0.232. The Balaban J connectivity index is 2.64. The van der Waals surface area contributed by atoms with E-state index in [-0.39, 0.29) is 23.5 Å². The first-order chi connectivity index (χ1) is 8.71. The second-order valence-corrected chi connectivity index (χ2v) is 11.6. The Kier molecular flexibility index (Phi) is 6.01. The van der Waals surface area contributed by atoms with Crippen molar-refractivity contribution in [2.24, 2.45) is 0 Å². The fraction of sp³-hybridized carbons (Fsp3) is 1.00. The van der Waals surface area contributed by atoms with E-state index >= 15 is 0 Å². The smallest absolute Gasteiger partial charge is 0.192 e. The normalized spacial score (nSPS) is 29.5. The summed E-state index contributed by atoms with van der Waals surface area (Å²) in [6.07, 6.45) is 1.82. The number of hydrogen-bond donors (Lipinski definition) is 0. The van der Waals surface area contributed by atoms with E-state index in [2.05, 4.69) is 33.9 Å². The van der Waals surface area contributed by atoms with Crippen molar-refractivity contribution in [3.63, 3.8) is 0 Å². The maximum Gasteiger partial charge on any atom is 0.192 e. The van der Waals surface area contributed by atoms with Crippen LogP contribution in [0.15, 0.2) is 0 Å². The number of hydrogen-bond acceptors (Lipinski definition) is 4. The second-order valence-electron chi connectivity index (χ2n) is 6.81. The third kappa shape index (κ3) is 4.53. The fourth-order valence-electron chi connectivity index (χ4n) is 2.02. The Bertz CT molecular complexity index is 275. The lowest BCUT2D eigenvalue weighted by Gasteiger charge is -2.43. The molecule has 1 aliphatic heterocycles. The summed E-state index contributed by atoms with van der Waals surface area (Å²) in [4.78, 5) is 0. The average molecular weight is 290 g/mol. The number of ether oxygens (including phenoxy) is 3. The largest absolute Gasteiger partial charge is 0.409 e. The topological polar surface area (TPSA) is 36.9 Å². The van der Waals surface area contributed by atoms with Gasteiger partial charge in [-0.25, -0.2) is 0 Å². The Morgan fingerprint density at radius 3 is 2.26 bits per heavy atom. The summed E-state index contributed by atoms with van der Waals surface area (Å²) in [6.45, 7) is 11.9. The maximum atomic E-state index is 6.42. The molecule has 0 bridgehead atoms. The van der Waals surface area contributed by atoms with E-state index in [9.17, 15) is 0 Å². The SMILES string of the molecule is COCC1CCC(O[Si](C)(C)C(C)(C)C)C(OC)O1. The highest BCUT2D eigenvalue weighted by Gasteiger charge is 2.42. The van der Waals surface area contributed by atoms with E-state index in [0.29, 0.717) is 6.61 Å². The molecule has 0 N–H and O–H groups in total. The second kappa shape index (κ2) is 6.67. The first-order valence-corrected chi connectivity index (χ1v) is 9.97. The van der Waals surface area contributed by atoms with Crippen LogP contribution in [0, 0.1) is 0 Å². The molecule has 0 aromatic carbocycles. The van der Waals surface area contributed by atoms with Crippen LogP contribution in [0.2, 0.25) is 18.1 Å². The van der Waals surface area contributed by atoms with Gasteiger partial charge in [-0.05, 0) is 31.0 Å². The molecular weight excluding hydrogens is 260 g/mol. The van der Waals surface area contributed by atoms with Crippen molar-refractivity contribution in [3.8, 4) is 0 Å². The molecule has 1 heterocycles. The van der Waals surface area contributed by atoms with Crippen molar-refractivity contribution in [1.82, 2.24) is 0 Å². The van der Waals surface area contributed by atoms with Crippen LogP contribution in [0.3, 0.4) is 0 Å². The Labute approximate surface area is 118 Å². The Morgan fingerprint density at radius 1 is 1.16 bits per heavy atom. The van der Waals surface area contributed by atoms with Gasteiger partial charge in [0.05, 0.1) is 18.8 Å². The summed E-state index contributed by atoms with van der Waals surface area (Å²) in [5.41, 5.74) is 0. The van der Waals surface area contributed by atoms with Crippen LogP contribution >= 0.6 is 0 Å². The van der Waals surface area contributed by atoms with Crippen LogP contribution in [-0.2, 0) is 18.6 Å². The van der Waals surface area contributed by atoms with Crippen molar-refractivity contribution in [2.45, 2.75) is 70.2 Å². The van der Waals surface area contributed by atoms with E-state index in [1.807, 2.05) is 0 Å². The molecule has 1 saturated heterocycles. The van der Waals surface area contributed by atoms with Gasteiger partial charge in [0.25, 0.3) is 0 Å². The van der Waals surface area contributed by atoms with Crippen LogP contribution in [0.1, 0.15) is 33.6 Å². The predicted octanol–water partition coefficient (Wildman–Crippen LogP) is 3.17. The number of rotatable bonds is 5. The maximum absolute atomic E-state index is 6.42. The van der Waals surface area contributed by atoms with Gasteiger partial charge in [0.15, 0.2) is 14.6 Å². The molecule has 1 fully saturated rings. The fourth-order valence-corrected chi connectivity index (χ4v) is 3.36. The van der Waals surface area contributed by atoms with Gasteiger partial charge in [0.1, 0.15) is 0 Å². The molecule has 0 amide bonds. The highest BCUT2D eigenvalue weighted by Crippen LogP contribution is 2.39. The van der Waals surface area contributed by atoms with Crippen molar-refractivity contribution < 1.29 is 18.6 Å². The molecule has 0 radical (unpaired) electrons. The average Bonchev–Trinajstić information content (AvgIpc) is 2.29. The van der Waals surface area contributed by atoms with Gasteiger partial charge in [-0.1, -0.05) is 20.8 Å². The molecule has 19 heavy (non-hydrogen) atoms. The van der Waals surface area contributed by atoms with Gasteiger partial charge in [-0.2, -0.15) is 0 Å². The monoisotopic (exact) mass is 290 g/mol. The standard InChI is InChI=1S/C14H30O4Si/c1-14(2,3)19(6,7)18-12-9-8-11(10-15-4)17-13(12)16-5/h11-13H,8-10H2,1-7H3. The molecule has 5 heteroatoms. The molecule has 3 atom stereocenters. The van der Waals surface area contributed by atoms with Crippen molar-refractivity contribution in [1.29, 1.82) is 0 Å². The van der Waals surface area contributed by atoms with E-state index in [1.165, 1.54) is 0 Å². The van der Waals surface area contributed by atoms with Crippen molar-refractivity contribution in [3.05, 3.63) is 0 Å². The van der Waals surface area contributed by atoms with Gasteiger partial charge in [0.2, 0.25) is 0 Å². The minimum absolute atomic E-state index is 0.0407. The zero-order valence-corrected chi connectivity index (χ0v) is 14.5. The third-order valence-corrected chi connectivity index (χ3v) is 8.74. The Hall–Kier alpha value is 0.0569. The summed E-state index contributed by atoms with van der Waals surface area (Å²) in [5.74, 6) is 0. The third-order valence-electron chi connectivity index (χ3n) is 4.24. The van der Waals surface area contributed by atoms with Crippen molar-refractivity contribution in [2.75, 3.05) is 20.8 Å². The van der Waals surface area contributed by atoms with Crippen LogP contribution in [-0.4, -0.2) is 47.6 Å². The van der Waals surface area contributed by atoms with Crippen LogP contribution in [0.5, 0.6) is 0 Å². The molecule has 0 saturated carbocycles. The summed E-state index contributed by atoms with van der Waals surface area (Å²) < 4.78 is 22.9. The minimum Gasteiger partial charge on any atom is -0.409 e. The van der Waals surface area contributed by atoms with E-state index in [0.717, 1.165) is 12.8 Å². The van der Waals surface area contributed by atoms with Gasteiger partial charge in [-0.3, -0.25) is 0 Å². The first-order valence-electron chi connectivity index (χ1n) is 7.06. The summed E-state index contributed by atoms with van der Waals surface area (Å²) in [5, 5.41) is 0.203. The van der Waals surface area contributed by atoms with Gasteiger partial charge in [0, 0.05) is 14.2 Å². The predicted molar refractivity (Wildman–Crippen MR) is 78.9 cm³/mol. The van der Waals surface area contributed by atoms with Crippen molar-refractivity contribution >= 4 is 8.32 Å². The zero-order chi connectivity index (χ0) is 14.7. The molecule has 114 valence electrons. The molecule has 1 rings (SSSR count). The van der Waals surface area contributed by atoms with E-state index in [1.54, 1.807) is 14.2 Å². The summed E-state index contributed by atoms with van der Waals surface area (Å²) in [6, 6.07) is 0. The lowest BCUT2D eigenvalue weighted by atomic mass is 10.1. The summed E-state index contributed by atoms with van der Waals surface area (Å²) >= 11 is 0. The van der Waals surface area contributed by atoms with E-state index in [4.69, 9.17) is 18.6 Å². The summed E-state index contributed by atoms with van der Waals surface area (Å²) in [7, 11) is 1.60. The quantitative estimate of drug-likeness (QED) is 0.729. The molecule has 0 aromatic rings. The zero-order valence-electron chi connectivity index (χ0n) is 13.5. The van der Waals surface area contributed by atoms with Crippen LogP contribution in [0.4, 0.5) is 0 Å². The Morgan fingerprint density at radius 2 is 1.79 bits per heavy atom. The van der Waals surface area contributed by atoms with Gasteiger partial charge >= 0.3 is 0 Å². The lowest BCUT2D eigenvalue weighted by Crippen LogP contribution is -2.51. The first kappa shape index (κ1) is 17.1. The molecule has 3 unspecified atom stereocenters. The highest BCUT2D eigenvalue weighted by molar-refractivity contribution is 6.74.